The first-order valence-corrected chi connectivity index (χ1v) is 6.87. The first kappa shape index (κ1) is 10.7. The molecule has 1 aliphatic rings. The summed E-state index contributed by atoms with van der Waals surface area (Å²) in [6.07, 6.45) is 0.976. The van der Waals surface area contributed by atoms with Gasteiger partial charge in [0.05, 0.1) is 0 Å². The van der Waals surface area contributed by atoms with Crippen molar-refractivity contribution in [2.45, 2.75) is 18.2 Å². The summed E-state index contributed by atoms with van der Waals surface area (Å²) in [5, 5.41) is 0. The minimum Gasteiger partial charge on any atom is -0.457 e. The monoisotopic (exact) mass is 242 g/mol. The zero-order valence-electron chi connectivity index (χ0n) is 9.77. The van der Waals surface area contributed by atoms with Gasteiger partial charge in [-0.2, -0.15) is 0 Å². The summed E-state index contributed by atoms with van der Waals surface area (Å²) in [5.41, 5.74) is 2.57. The van der Waals surface area contributed by atoms with E-state index in [0.717, 1.165) is 23.7 Å². The van der Waals surface area contributed by atoms with Crippen LogP contribution in [0.15, 0.2) is 47.4 Å². The molecule has 0 aromatic heterocycles. The average Bonchev–Trinajstić information content (AvgIpc) is 2.36. The molecule has 3 rings (SSSR count). The van der Waals surface area contributed by atoms with Crippen LogP contribution >= 0.6 is 11.8 Å². The van der Waals surface area contributed by atoms with Gasteiger partial charge in [0.15, 0.2) is 0 Å². The number of benzene rings is 2. The second-order valence-electron chi connectivity index (χ2n) is 4.09. The van der Waals surface area contributed by atoms with E-state index < -0.39 is 0 Å². The molecule has 1 nitrogen and oxygen atoms in total. The Morgan fingerprint density at radius 1 is 1.06 bits per heavy atom. The third kappa shape index (κ3) is 2.05. The lowest BCUT2D eigenvalue weighted by molar-refractivity contribution is 0.459. The van der Waals surface area contributed by atoms with E-state index in [0.29, 0.717) is 0 Å². The minimum absolute atomic E-state index is 0.976. The highest BCUT2D eigenvalue weighted by Crippen LogP contribution is 2.37. The molecular weight excluding hydrogens is 228 g/mol. The fourth-order valence-corrected chi connectivity index (χ4v) is 2.85. The Bertz CT molecular complexity index is 548. The maximum atomic E-state index is 5.90. The molecule has 0 atom stereocenters. The van der Waals surface area contributed by atoms with E-state index in [9.17, 15) is 0 Å². The molecule has 2 aromatic carbocycles. The molecule has 0 radical (unpaired) electrons. The fourth-order valence-electron chi connectivity index (χ4n) is 2.12. The molecule has 86 valence electrons. The van der Waals surface area contributed by atoms with Gasteiger partial charge in [-0.05, 0) is 35.6 Å². The summed E-state index contributed by atoms with van der Waals surface area (Å²) in [7, 11) is 0. The summed E-state index contributed by atoms with van der Waals surface area (Å²) in [5.74, 6) is 3.11. The fraction of sp³-hybridized carbons (Fsp3) is 0.200. The Kier molecular flexibility index (Phi) is 2.81. The van der Waals surface area contributed by atoms with Gasteiger partial charge >= 0.3 is 0 Å². The van der Waals surface area contributed by atoms with Crippen LogP contribution < -0.4 is 4.74 Å². The molecule has 0 N–H and O–H groups in total. The van der Waals surface area contributed by atoms with E-state index in [1.165, 1.54) is 16.0 Å². The Morgan fingerprint density at radius 2 is 1.88 bits per heavy atom. The van der Waals surface area contributed by atoms with Crippen LogP contribution in [-0.4, -0.2) is 5.75 Å². The van der Waals surface area contributed by atoms with Crippen LogP contribution in [0, 0.1) is 0 Å². The summed E-state index contributed by atoms with van der Waals surface area (Å²) in [6, 6.07) is 14.7. The van der Waals surface area contributed by atoms with E-state index >= 15 is 0 Å². The molecule has 2 aromatic rings. The third-order valence-corrected chi connectivity index (χ3v) is 3.79. The summed E-state index contributed by atoms with van der Waals surface area (Å²) < 4.78 is 5.90. The number of fused-ring (bicyclic) bond motifs is 2. The summed E-state index contributed by atoms with van der Waals surface area (Å²) in [6.45, 7) is 2.18. The van der Waals surface area contributed by atoms with Gasteiger partial charge in [0.2, 0.25) is 0 Å². The van der Waals surface area contributed by atoms with Gasteiger partial charge in [-0.25, -0.2) is 0 Å². The van der Waals surface area contributed by atoms with Crippen molar-refractivity contribution in [3.8, 4) is 11.5 Å². The predicted molar refractivity (Wildman–Crippen MR) is 72.2 cm³/mol. The van der Waals surface area contributed by atoms with Crippen LogP contribution in [-0.2, 0) is 6.42 Å². The van der Waals surface area contributed by atoms with Crippen LogP contribution in [0.5, 0.6) is 11.5 Å². The predicted octanol–water partition coefficient (Wildman–Crippen LogP) is 4.50. The number of para-hydroxylation sites is 1. The van der Waals surface area contributed by atoms with Crippen molar-refractivity contribution < 1.29 is 4.74 Å². The molecular formula is C15H14OS. The van der Waals surface area contributed by atoms with E-state index in [1.807, 2.05) is 23.9 Å². The number of hydrogen-bond donors (Lipinski definition) is 0. The number of ether oxygens (including phenoxy) is 1. The van der Waals surface area contributed by atoms with Crippen molar-refractivity contribution in [2.75, 3.05) is 5.75 Å². The van der Waals surface area contributed by atoms with E-state index in [4.69, 9.17) is 4.74 Å². The van der Waals surface area contributed by atoms with Crippen LogP contribution in [0.3, 0.4) is 0 Å². The zero-order chi connectivity index (χ0) is 11.7. The highest BCUT2D eigenvalue weighted by Gasteiger charge is 2.16. The molecule has 0 bridgehead atoms. The Morgan fingerprint density at radius 3 is 2.76 bits per heavy atom. The SMILES string of the molecule is CCSc1ccc2c(c1)Cc1ccccc1O2. The maximum Gasteiger partial charge on any atom is 0.131 e. The maximum absolute atomic E-state index is 5.90. The number of thioether (sulfide) groups is 1. The summed E-state index contributed by atoms with van der Waals surface area (Å²) >= 11 is 1.87. The lowest BCUT2D eigenvalue weighted by Crippen LogP contribution is -2.02. The summed E-state index contributed by atoms with van der Waals surface area (Å²) in [4.78, 5) is 1.33. The molecule has 0 amide bonds. The van der Waals surface area contributed by atoms with Gasteiger partial charge in [0.25, 0.3) is 0 Å². The van der Waals surface area contributed by atoms with E-state index in [1.54, 1.807) is 0 Å². The molecule has 17 heavy (non-hydrogen) atoms. The lowest BCUT2D eigenvalue weighted by Gasteiger charge is -2.20. The Hall–Kier alpha value is -1.41. The Balaban J connectivity index is 1.97. The normalized spacial score (nSPS) is 12.5. The standard InChI is InChI=1S/C15H14OS/c1-2-17-13-7-8-15-12(10-13)9-11-5-3-4-6-14(11)16-15/h3-8,10H,2,9H2,1H3. The van der Waals surface area contributed by atoms with Crippen LogP contribution in [0.4, 0.5) is 0 Å². The van der Waals surface area contributed by atoms with Gasteiger partial charge in [-0.1, -0.05) is 25.1 Å². The van der Waals surface area contributed by atoms with E-state index in [2.05, 4.69) is 37.3 Å². The molecule has 2 heteroatoms. The van der Waals surface area contributed by atoms with Gasteiger partial charge < -0.3 is 4.74 Å². The van der Waals surface area contributed by atoms with E-state index in [-0.39, 0.29) is 0 Å². The van der Waals surface area contributed by atoms with Crippen LogP contribution in [0.1, 0.15) is 18.1 Å². The highest BCUT2D eigenvalue weighted by molar-refractivity contribution is 7.99. The highest BCUT2D eigenvalue weighted by atomic mass is 32.2. The topological polar surface area (TPSA) is 9.23 Å². The van der Waals surface area contributed by atoms with Gasteiger partial charge in [-0.3, -0.25) is 0 Å². The van der Waals surface area contributed by atoms with Crippen molar-refractivity contribution in [1.29, 1.82) is 0 Å². The van der Waals surface area contributed by atoms with Crippen LogP contribution in [0.25, 0.3) is 0 Å². The van der Waals surface area contributed by atoms with Crippen molar-refractivity contribution in [3.63, 3.8) is 0 Å². The second kappa shape index (κ2) is 4.46. The van der Waals surface area contributed by atoms with Crippen LogP contribution in [0.2, 0.25) is 0 Å². The van der Waals surface area contributed by atoms with Crippen molar-refractivity contribution >= 4 is 11.8 Å². The molecule has 0 fully saturated rings. The van der Waals surface area contributed by atoms with Crippen molar-refractivity contribution in [3.05, 3.63) is 53.6 Å². The second-order valence-corrected chi connectivity index (χ2v) is 5.43. The molecule has 0 saturated carbocycles. The number of hydrogen-bond acceptors (Lipinski definition) is 2. The average molecular weight is 242 g/mol. The zero-order valence-corrected chi connectivity index (χ0v) is 10.6. The van der Waals surface area contributed by atoms with Crippen molar-refractivity contribution in [2.24, 2.45) is 0 Å². The molecule has 0 spiro atoms. The Labute approximate surface area is 106 Å². The molecule has 1 aliphatic heterocycles. The smallest absolute Gasteiger partial charge is 0.131 e. The first-order valence-electron chi connectivity index (χ1n) is 5.88. The van der Waals surface area contributed by atoms with Gasteiger partial charge in [0.1, 0.15) is 11.5 Å². The third-order valence-electron chi connectivity index (χ3n) is 2.92. The quantitative estimate of drug-likeness (QED) is 0.612. The molecule has 1 heterocycles. The molecule has 0 aliphatic carbocycles. The lowest BCUT2D eigenvalue weighted by atomic mass is 10.0. The van der Waals surface area contributed by atoms with Gasteiger partial charge in [-0.15, -0.1) is 11.8 Å². The van der Waals surface area contributed by atoms with Gasteiger partial charge in [0, 0.05) is 16.9 Å². The minimum atomic E-state index is 0.976. The number of rotatable bonds is 2. The molecule has 0 saturated heterocycles. The molecule has 0 unspecified atom stereocenters. The largest absolute Gasteiger partial charge is 0.457 e. The first-order chi connectivity index (χ1) is 8.36. The van der Waals surface area contributed by atoms with Crippen molar-refractivity contribution in [1.82, 2.24) is 0 Å².